The Morgan fingerprint density at radius 3 is 2.39 bits per heavy atom. The Labute approximate surface area is 107 Å². The van der Waals surface area contributed by atoms with Crippen LogP contribution in [-0.2, 0) is 20.7 Å². The fourth-order valence-corrected chi connectivity index (χ4v) is 1.61. The SMILES string of the molecule is CCOC(=O)Cc1ccc(C)cc1C(=O)OCC. The molecular formula is C14H18O4. The van der Waals surface area contributed by atoms with Gasteiger partial charge >= 0.3 is 11.9 Å². The van der Waals surface area contributed by atoms with Gasteiger partial charge in [-0.15, -0.1) is 0 Å². The number of ether oxygens (including phenoxy) is 2. The highest BCUT2D eigenvalue weighted by Crippen LogP contribution is 2.14. The molecular weight excluding hydrogens is 232 g/mol. The fourth-order valence-electron chi connectivity index (χ4n) is 1.61. The molecule has 0 fully saturated rings. The van der Waals surface area contributed by atoms with E-state index in [-0.39, 0.29) is 12.4 Å². The molecule has 0 spiro atoms. The molecule has 0 radical (unpaired) electrons. The second kappa shape index (κ2) is 6.79. The Bertz CT molecular complexity index is 437. The fraction of sp³-hybridized carbons (Fsp3) is 0.429. The number of benzene rings is 1. The smallest absolute Gasteiger partial charge is 0.338 e. The molecule has 18 heavy (non-hydrogen) atoms. The first-order valence-corrected chi connectivity index (χ1v) is 6.00. The van der Waals surface area contributed by atoms with Crippen molar-refractivity contribution in [3.8, 4) is 0 Å². The van der Waals surface area contributed by atoms with Crippen LogP contribution in [0.25, 0.3) is 0 Å². The van der Waals surface area contributed by atoms with Crippen LogP contribution in [0.4, 0.5) is 0 Å². The zero-order valence-corrected chi connectivity index (χ0v) is 11.0. The Kier molecular flexibility index (Phi) is 5.36. The van der Waals surface area contributed by atoms with Gasteiger partial charge in [-0.05, 0) is 32.4 Å². The highest BCUT2D eigenvalue weighted by atomic mass is 16.5. The van der Waals surface area contributed by atoms with E-state index in [1.165, 1.54) is 0 Å². The van der Waals surface area contributed by atoms with Gasteiger partial charge in [0.1, 0.15) is 0 Å². The van der Waals surface area contributed by atoms with Crippen LogP contribution in [0.15, 0.2) is 18.2 Å². The van der Waals surface area contributed by atoms with Gasteiger partial charge in [0.2, 0.25) is 0 Å². The minimum absolute atomic E-state index is 0.0856. The average Bonchev–Trinajstić information content (AvgIpc) is 2.32. The summed E-state index contributed by atoms with van der Waals surface area (Å²) in [5, 5.41) is 0. The lowest BCUT2D eigenvalue weighted by molar-refractivity contribution is -0.142. The van der Waals surface area contributed by atoms with Gasteiger partial charge in [0, 0.05) is 0 Å². The van der Waals surface area contributed by atoms with Crippen molar-refractivity contribution in [2.45, 2.75) is 27.2 Å². The number of carbonyl (C=O) groups excluding carboxylic acids is 2. The first-order valence-electron chi connectivity index (χ1n) is 6.00. The molecule has 0 aliphatic carbocycles. The predicted molar refractivity (Wildman–Crippen MR) is 67.5 cm³/mol. The summed E-state index contributed by atoms with van der Waals surface area (Å²) in [7, 11) is 0. The molecule has 4 nitrogen and oxygen atoms in total. The highest BCUT2D eigenvalue weighted by molar-refractivity contribution is 5.92. The van der Waals surface area contributed by atoms with Crippen molar-refractivity contribution in [2.24, 2.45) is 0 Å². The van der Waals surface area contributed by atoms with E-state index in [1.807, 2.05) is 13.0 Å². The molecule has 1 rings (SSSR count). The third-order valence-corrected chi connectivity index (χ3v) is 2.40. The van der Waals surface area contributed by atoms with Gasteiger partial charge in [-0.1, -0.05) is 17.7 Å². The van der Waals surface area contributed by atoms with Crippen molar-refractivity contribution in [3.63, 3.8) is 0 Å². The van der Waals surface area contributed by atoms with Gasteiger partial charge in [-0.2, -0.15) is 0 Å². The number of esters is 2. The first-order chi connectivity index (χ1) is 8.58. The van der Waals surface area contributed by atoms with Gasteiger partial charge in [-0.3, -0.25) is 4.79 Å². The summed E-state index contributed by atoms with van der Waals surface area (Å²) in [6.45, 7) is 6.03. The normalized spacial score (nSPS) is 9.94. The van der Waals surface area contributed by atoms with E-state index in [1.54, 1.807) is 26.0 Å². The Morgan fingerprint density at radius 2 is 1.78 bits per heavy atom. The van der Waals surface area contributed by atoms with Crippen LogP contribution in [0.1, 0.15) is 35.3 Å². The second-order valence-electron chi connectivity index (χ2n) is 3.86. The van der Waals surface area contributed by atoms with E-state index < -0.39 is 5.97 Å². The summed E-state index contributed by atoms with van der Waals surface area (Å²) in [6.07, 6.45) is 0.0856. The van der Waals surface area contributed by atoms with E-state index in [9.17, 15) is 9.59 Å². The number of carbonyl (C=O) groups is 2. The summed E-state index contributed by atoms with van der Waals surface area (Å²) in [5.74, 6) is -0.743. The predicted octanol–water partition coefficient (Wildman–Crippen LogP) is 2.28. The summed E-state index contributed by atoms with van der Waals surface area (Å²) in [6, 6.07) is 5.35. The van der Waals surface area contributed by atoms with Crippen molar-refractivity contribution < 1.29 is 19.1 Å². The number of aryl methyl sites for hydroxylation is 1. The maximum atomic E-state index is 11.8. The quantitative estimate of drug-likeness (QED) is 0.752. The van der Waals surface area contributed by atoms with Crippen LogP contribution in [0.5, 0.6) is 0 Å². The third kappa shape index (κ3) is 3.87. The van der Waals surface area contributed by atoms with E-state index in [2.05, 4.69) is 0 Å². The van der Waals surface area contributed by atoms with E-state index in [0.29, 0.717) is 24.3 Å². The molecule has 0 unspecified atom stereocenters. The van der Waals surface area contributed by atoms with Crippen molar-refractivity contribution in [2.75, 3.05) is 13.2 Å². The van der Waals surface area contributed by atoms with Crippen molar-refractivity contribution in [3.05, 3.63) is 34.9 Å². The van der Waals surface area contributed by atoms with Gasteiger partial charge in [0.25, 0.3) is 0 Å². The maximum Gasteiger partial charge on any atom is 0.338 e. The molecule has 0 heterocycles. The molecule has 0 aliphatic rings. The van der Waals surface area contributed by atoms with Crippen molar-refractivity contribution in [1.82, 2.24) is 0 Å². The third-order valence-electron chi connectivity index (χ3n) is 2.40. The van der Waals surface area contributed by atoms with Crippen LogP contribution >= 0.6 is 0 Å². The Hall–Kier alpha value is -1.84. The van der Waals surface area contributed by atoms with Crippen LogP contribution in [0.3, 0.4) is 0 Å². The summed E-state index contributed by atoms with van der Waals surface area (Å²) >= 11 is 0. The molecule has 0 saturated carbocycles. The summed E-state index contributed by atoms with van der Waals surface area (Å²) in [5.41, 5.74) is 2.02. The topological polar surface area (TPSA) is 52.6 Å². The molecule has 0 saturated heterocycles. The minimum Gasteiger partial charge on any atom is -0.466 e. The molecule has 0 atom stereocenters. The standard InChI is InChI=1S/C14H18O4/c1-4-17-13(15)9-11-7-6-10(3)8-12(11)14(16)18-5-2/h6-8H,4-5,9H2,1-3H3. The molecule has 0 aromatic heterocycles. The molecule has 98 valence electrons. The van der Waals surface area contributed by atoms with Crippen LogP contribution < -0.4 is 0 Å². The van der Waals surface area contributed by atoms with E-state index in [4.69, 9.17) is 9.47 Å². The maximum absolute atomic E-state index is 11.8. The Morgan fingerprint density at radius 1 is 1.11 bits per heavy atom. The molecule has 0 amide bonds. The van der Waals surface area contributed by atoms with Gasteiger partial charge in [0.15, 0.2) is 0 Å². The Balaban J connectivity index is 2.96. The van der Waals surface area contributed by atoms with E-state index in [0.717, 1.165) is 5.56 Å². The number of hydrogen-bond acceptors (Lipinski definition) is 4. The number of rotatable bonds is 5. The summed E-state index contributed by atoms with van der Waals surface area (Å²) in [4.78, 5) is 23.2. The highest BCUT2D eigenvalue weighted by Gasteiger charge is 2.15. The van der Waals surface area contributed by atoms with Crippen LogP contribution in [-0.4, -0.2) is 25.2 Å². The molecule has 0 aliphatic heterocycles. The molecule has 0 N–H and O–H groups in total. The molecule has 0 bridgehead atoms. The molecule has 1 aromatic rings. The van der Waals surface area contributed by atoms with Gasteiger partial charge < -0.3 is 9.47 Å². The minimum atomic E-state index is -0.402. The van der Waals surface area contributed by atoms with Crippen molar-refractivity contribution >= 4 is 11.9 Å². The number of hydrogen-bond donors (Lipinski definition) is 0. The van der Waals surface area contributed by atoms with Crippen LogP contribution in [0.2, 0.25) is 0 Å². The first kappa shape index (κ1) is 14.2. The zero-order chi connectivity index (χ0) is 13.5. The average molecular weight is 250 g/mol. The summed E-state index contributed by atoms with van der Waals surface area (Å²) < 4.78 is 9.85. The zero-order valence-electron chi connectivity index (χ0n) is 11.0. The van der Waals surface area contributed by atoms with Crippen molar-refractivity contribution in [1.29, 1.82) is 0 Å². The van der Waals surface area contributed by atoms with Crippen LogP contribution in [0, 0.1) is 6.92 Å². The monoisotopic (exact) mass is 250 g/mol. The second-order valence-corrected chi connectivity index (χ2v) is 3.86. The lowest BCUT2D eigenvalue weighted by Gasteiger charge is -2.09. The molecule has 4 heteroatoms. The van der Waals surface area contributed by atoms with Gasteiger partial charge in [-0.25, -0.2) is 4.79 Å². The van der Waals surface area contributed by atoms with E-state index >= 15 is 0 Å². The largest absolute Gasteiger partial charge is 0.466 e. The lowest BCUT2D eigenvalue weighted by atomic mass is 10.0. The lowest BCUT2D eigenvalue weighted by Crippen LogP contribution is -2.13. The molecule has 1 aromatic carbocycles. The van der Waals surface area contributed by atoms with Gasteiger partial charge in [0.05, 0.1) is 25.2 Å².